The third-order valence-electron chi connectivity index (χ3n) is 4.44. The summed E-state index contributed by atoms with van der Waals surface area (Å²) >= 11 is 0. The van der Waals surface area contributed by atoms with Crippen molar-refractivity contribution in [3.05, 3.63) is 41.7 Å². The molecule has 0 unspecified atom stereocenters. The van der Waals surface area contributed by atoms with Crippen molar-refractivity contribution in [2.24, 2.45) is 0 Å². The molecule has 0 aromatic carbocycles. The number of nitrogens with zero attached hydrogens (tertiary/aromatic N) is 4. The minimum atomic E-state index is -0.190. The Kier molecular flexibility index (Phi) is 3.52. The summed E-state index contributed by atoms with van der Waals surface area (Å²) in [5, 5.41) is 9.08. The molecular weight excluding hydrogens is 284 g/mol. The fourth-order valence-electron chi connectivity index (χ4n) is 2.89. The molecule has 0 aliphatic heterocycles. The average molecular weight is 305 g/mol. The predicted octanol–water partition coefficient (Wildman–Crippen LogP) is 3.63. The van der Waals surface area contributed by atoms with Crippen LogP contribution in [0.1, 0.15) is 68.8 Å². The van der Waals surface area contributed by atoms with Crippen LogP contribution in [0.15, 0.2) is 24.4 Å². The van der Waals surface area contributed by atoms with E-state index in [1.807, 2.05) is 18.3 Å². The molecular formula is C16H21ClN4. The van der Waals surface area contributed by atoms with E-state index in [0.29, 0.717) is 12.0 Å². The molecule has 0 radical (unpaired) electrons. The molecule has 0 N–H and O–H groups in total. The molecule has 21 heavy (non-hydrogen) atoms. The van der Waals surface area contributed by atoms with E-state index in [1.54, 1.807) is 0 Å². The molecule has 0 amide bonds. The van der Waals surface area contributed by atoms with Gasteiger partial charge in [-0.1, -0.05) is 6.07 Å². The molecule has 5 heteroatoms. The van der Waals surface area contributed by atoms with Crippen LogP contribution in [0.25, 0.3) is 0 Å². The van der Waals surface area contributed by atoms with Gasteiger partial charge in [-0.15, -0.1) is 22.6 Å². The van der Waals surface area contributed by atoms with Gasteiger partial charge in [0.2, 0.25) is 0 Å². The molecule has 4 rings (SSSR count). The van der Waals surface area contributed by atoms with Crippen molar-refractivity contribution in [2.75, 3.05) is 0 Å². The SMILES string of the molecule is CC(C)(c1ccccn1)c1nnc(C2CC2)n1C1CC1.Cl. The average Bonchev–Trinajstić information content (AvgIpc) is 3.38. The molecule has 2 aliphatic rings. The summed E-state index contributed by atoms with van der Waals surface area (Å²) in [4.78, 5) is 4.54. The van der Waals surface area contributed by atoms with Crippen LogP contribution in [0, 0.1) is 0 Å². The predicted molar refractivity (Wildman–Crippen MR) is 83.9 cm³/mol. The third kappa shape index (κ3) is 2.46. The third-order valence-corrected chi connectivity index (χ3v) is 4.44. The summed E-state index contributed by atoms with van der Waals surface area (Å²) in [6, 6.07) is 6.71. The molecule has 2 fully saturated rings. The van der Waals surface area contributed by atoms with Crippen LogP contribution in [-0.2, 0) is 5.41 Å². The number of rotatable bonds is 4. The van der Waals surface area contributed by atoms with E-state index in [1.165, 1.54) is 31.5 Å². The van der Waals surface area contributed by atoms with Crippen molar-refractivity contribution >= 4 is 12.4 Å². The van der Waals surface area contributed by atoms with Gasteiger partial charge in [-0.3, -0.25) is 4.98 Å². The summed E-state index contributed by atoms with van der Waals surface area (Å²) in [6.45, 7) is 4.41. The Bertz CT molecular complexity index is 627. The maximum atomic E-state index is 4.56. The van der Waals surface area contributed by atoms with E-state index in [-0.39, 0.29) is 17.8 Å². The monoisotopic (exact) mass is 304 g/mol. The lowest BCUT2D eigenvalue weighted by molar-refractivity contribution is 0.514. The number of hydrogen-bond acceptors (Lipinski definition) is 3. The molecule has 2 aliphatic carbocycles. The first-order chi connectivity index (χ1) is 9.68. The van der Waals surface area contributed by atoms with Gasteiger partial charge in [0.15, 0.2) is 0 Å². The highest BCUT2D eigenvalue weighted by atomic mass is 35.5. The Morgan fingerprint density at radius 3 is 2.43 bits per heavy atom. The van der Waals surface area contributed by atoms with Gasteiger partial charge in [0, 0.05) is 18.2 Å². The highest BCUT2D eigenvalue weighted by molar-refractivity contribution is 5.85. The molecule has 4 nitrogen and oxygen atoms in total. The van der Waals surface area contributed by atoms with Crippen molar-refractivity contribution < 1.29 is 0 Å². The Balaban J connectivity index is 0.00000132. The van der Waals surface area contributed by atoms with Crippen LogP contribution < -0.4 is 0 Å². The maximum Gasteiger partial charge on any atom is 0.145 e. The number of pyridine rings is 1. The van der Waals surface area contributed by atoms with Crippen molar-refractivity contribution in [1.82, 2.24) is 19.7 Å². The number of aromatic nitrogens is 4. The Hall–Kier alpha value is -1.42. The fourth-order valence-corrected chi connectivity index (χ4v) is 2.89. The van der Waals surface area contributed by atoms with Gasteiger partial charge >= 0.3 is 0 Å². The second kappa shape index (κ2) is 5.09. The quantitative estimate of drug-likeness (QED) is 0.866. The van der Waals surface area contributed by atoms with Crippen LogP contribution in [0.4, 0.5) is 0 Å². The van der Waals surface area contributed by atoms with E-state index < -0.39 is 0 Å². The normalized spacial score (nSPS) is 18.4. The van der Waals surface area contributed by atoms with Gasteiger partial charge in [-0.05, 0) is 51.7 Å². The molecule has 2 aromatic heterocycles. The van der Waals surface area contributed by atoms with Crippen molar-refractivity contribution in [1.29, 1.82) is 0 Å². The minimum Gasteiger partial charge on any atom is -0.311 e. The molecule has 0 saturated heterocycles. The molecule has 0 atom stereocenters. The largest absolute Gasteiger partial charge is 0.311 e. The standard InChI is InChI=1S/C16H20N4.ClH/c1-16(2,13-5-3-4-10-17-13)15-19-18-14(11-6-7-11)20(15)12-8-9-12;/h3-5,10-12H,6-9H2,1-2H3;1H. The summed E-state index contributed by atoms with van der Waals surface area (Å²) in [7, 11) is 0. The first-order valence-electron chi connectivity index (χ1n) is 7.54. The maximum absolute atomic E-state index is 4.56. The van der Waals surface area contributed by atoms with Crippen LogP contribution >= 0.6 is 12.4 Å². The van der Waals surface area contributed by atoms with Crippen LogP contribution in [-0.4, -0.2) is 19.7 Å². The molecule has 112 valence electrons. The lowest BCUT2D eigenvalue weighted by Gasteiger charge is -2.24. The Morgan fingerprint density at radius 1 is 1.10 bits per heavy atom. The van der Waals surface area contributed by atoms with Gasteiger partial charge in [0.05, 0.1) is 11.1 Å². The second-order valence-electron chi connectivity index (χ2n) is 6.60. The summed E-state index contributed by atoms with van der Waals surface area (Å²) < 4.78 is 2.42. The van der Waals surface area contributed by atoms with E-state index in [9.17, 15) is 0 Å². The lowest BCUT2D eigenvalue weighted by atomic mass is 9.87. The van der Waals surface area contributed by atoms with Crippen molar-refractivity contribution in [3.8, 4) is 0 Å². The molecule has 2 aromatic rings. The minimum absolute atomic E-state index is 0. The highest BCUT2D eigenvalue weighted by Crippen LogP contribution is 2.46. The van der Waals surface area contributed by atoms with Gasteiger partial charge in [-0.2, -0.15) is 0 Å². The summed E-state index contributed by atoms with van der Waals surface area (Å²) in [6.07, 6.45) is 6.94. The highest BCUT2D eigenvalue weighted by Gasteiger charge is 2.40. The van der Waals surface area contributed by atoms with Crippen LogP contribution in [0.2, 0.25) is 0 Å². The van der Waals surface area contributed by atoms with Crippen molar-refractivity contribution in [3.63, 3.8) is 0 Å². The van der Waals surface area contributed by atoms with Crippen LogP contribution in [0.5, 0.6) is 0 Å². The summed E-state index contributed by atoms with van der Waals surface area (Å²) in [5.41, 5.74) is 0.876. The smallest absolute Gasteiger partial charge is 0.145 e. The van der Waals surface area contributed by atoms with Gasteiger partial charge in [0.1, 0.15) is 11.6 Å². The van der Waals surface area contributed by atoms with Gasteiger partial charge in [0.25, 0.3) is 0 Å². The fraction of sp³-hybridized carbons (Fsp3) is 0.562. The molecule has 2 heterocycles. The van der Waals surface area contributed by atoms with Gasteiger partial charge < -0.3 is 4.57 Å². The molecule has 0 bridgehead atoms. The zero-order valence-electron chi connectivity index (χ0n) is 12.5. The van der Waals surface area contributed by atoms with Crippen molar-refractivity contribution in [2.45, 2.75) is 56.9 Å². The van der Waals surface area contributed by atoms with E-state index >= 15 is 0 Å². The Labute approximate surface area is 131 Å². The van der Waals surface area contributed by atoms with Gasteiger partial charge in [-0.25, -0.2) is 0 Å². The number of halogens is 1. The number of hydrogen-bond donors (Lipinski definition) is 0. The van der Waals surface area contributed by atoms with E-state index in [2.05, 4.69) is 39.7 Å². The Morgan fingerprint density at radius 2 is 1.86 bits per heavy atom. The van der Waals surface area contributed by atoms with Crippen LogP contribution in [0.3, 0.4) is 0 Å². The lowest BCUT2D eigenvalue weighted by Crippen LogP contribution is -2.26. The van der Waals surface area contributed by atoms with E-state index in [0.717, 1.165) is 11.5 Å². The first kappa shape index (κ1) is 14.5. The topological polar surface area (TPSA) is 43.6 Å². The zero-order chi connectivity index (χ0) is 13.7. The second-order valence-corrected chi connectivity index (χ2v) is 6.60. The first-order valence-corrected chi connectivity index (χ1v) is 7.54. The van der Waals surface area contributed by atoms with E-state index in [4.69, 9.17) is 0 Å². The molecule has 0 spiro atoms. The zero-order valence-corrected chi connectivity index (χ0v) is 13.3. The molecule has 2 saturated carbocycles. The summed E-state index contributed by atoms with van der Waals surface area (Å²) in [5.74, 6) is 2.95.